The van der Waals surface area contributed by atoms with Gasteiger partial charge in [0, 0.05) is 19.7 Å². The molecule has 0 aromatic carbocycles. The van der Waals surface area contributed by atoms with Crippen LogP contribution in [-0.4, -0.2) is 54.8 Å². The summed E-state index contributed by atoms with van der Waals surface area (Å²) < 4.78 is 11.7. The second-order valence-corrected chi connectivity index (χ2v) is 5.72. The van der Waals surface area contributed by atoms with E-state index in [-0.39, 0.29) is 12.0 Å². The van der Waals surface area contributed by atoms with Gasteiger partial charge in [0.15, 0.2) is 0 Å². The zero-order valence-electron chi connectivity index (χ0n) is 12.3. The van der Waals surface area contributed by atoms with Crippen LogP contribution in [0.1, 0.15) is 30.3 Å². The topological polar surface area (TPSA) is 51.7 Å². The number of aromatic nitrogens is 1. The Balaban J connectivity index is 1.77. The number of hydrogen-bond donors (Lipinski definition) is 0. The molecular weight excluding hydrogens is 336 g/mol. The standard InChI is InChI=1S/C15H21BrN2O3/c1-2-20-10-11-21-12-6-8-18(9-7-12)15(19)13-4-3-5-14(16)17-13/h3-5,12H,2,6-11H2,1H3. The minimum Gasteiger partial charge on any atom is -0.379 e. The number of rotatable bonds is 6. The Kier molecular flexibility index (Phi) is 6.60. The molecule has 0 bridgehead atoms. The summed E-state index contributed by atoms with van der Waals surface area (Å²) in [6.07, 6.45) is 1.96. The Morgan fingerprint density at radius 1 is 1.38 bits per heavy atom. The van der Waals surface area contributed by atoms with Gasteiger partial charge in [0.25, 0.3) is 5.91 Å². The molecule has 1 aliphatic rings. The van der Waals surface area contributed by atoms with Gasteiger partial charge in [-0.15, -0.1) is 0 Å². The van der Waals surface area contributed by atoms with Crippen LogP contribution in [0.3, 0.4) is 0 Å². The highest BCUT2D eigenvalue weighted by atomic mass is 79.9. The number of nitrogens with zero attached hydrogens (tertiary/aromatic N) is 2. The summed E-state index contributed by atoms with van der Waals surface area (Å²) in [4.78, 5) is 18.4. The van der Waals surface area contributed by atoms with Gasteiger partial charge < -0.3 is 14.4 Å². The van der Waals surface area contributed by atoms with Gasteiger partial charge in [-0.3, -0.25) is 4.79 Å². The van der Waals surface area contributed by atoms with E-state index >= 15 is 0 Å². The number of likely N-dealkylation sites (tertiary alicyclic amines) is 1. The van der Waals surface area contributed by atoms with E-state index in [9.17, 15) is 4.79 Å². The van der Waals surface area contributed by atoms with E-state index in [1.165, 1.54) is 0 Å². The van der Waals surface area contributed by atoms with Crippen LogP contribution in [0.25, 0.3) is 0 Å². The molecule has 5 nitrogen and oxygen atoms in total. The van der Waals surface area contributed by atoms with Gasteiger partial charge in [0.05, 0.1) is 19.3 Å². The van der Waals surface area contributed by atoms with E-state index in [2.05, 4.69) is 20.9 Å². The molecule has 0 aliphatic carbocycles. The molecule has 1 fully saturated rings. The van der Waals surface area contributed by atoms with Crippen LogP contribution >= 0.6 is 15.9 Å². The molecule has 21 heavy (non-hydrogen) atoms. The van der Waals surface area contributed by atoms with Crippen molar-refractivity contribution in [2.45, 2.75) is 25.9 Å². The van der Waals surface area contributed by atoms with Gasteiger partial charge in [-0.25, -0.2) is 4.98 Å². The molecule has 1 aromatic rings. The van der Waals surface area contributed by atoms with Crippen LogP contribution in [0.4, 0.5) is 0 Å². The Morgan fingerprint density at radius 3 is 2.81 bits per heavy atom. The fourth-order valence-electron chi connectivity index (χ4n) is 2.33. The summed E-state index contributed by atoms with van der Waals surface area (Å²) in [7, 11) is 0. The Bertz CT molecular complexity index is 462. The number of amides is 1. The van der Waals surface area contributed by atoms with Crippen molar-refractivity contribution < 1.29 is 14.3 Å². The summed E-state index contributed by atoms with van der Waals surface area (Å²) in [6, 6.07) is 5.39. The zero-order chi connectivity index (χ0) is 15.1. The summed E-state index contributed by atoms with van der Waals surface area (Å²) in [5.74, 6) is -0.0101. The third kappa shape index (κ3) is 5.05. The van der Waals surface area contributed by atoms with E-state index < -0.39 is 0 Å². The van der Waals surface area contributed by atoms with E-state index in [4.69, 9.17) is 9.47 Å². The first-order valence-electron chi connectivity index (χ1n) is 7.32. The molecule has 1 aliphatic heterocycles. The summed E-state index contributed by atoms with van der Waals surface area (Å²) in [6.45, 7) is 5.38. The average Bonchev–Trinajstić information content (AvgIpc) is 2.51. The molecule has 0 N–H and O–H groups in total. The zero-order valence-corrected chi connectivity index (χ0v) is 13.8. The Morgan fingerprint density at radius 2 is 2.14 bits per heavy atom. The van der Waals surface area contributed by atoms with Crippen LogP contribution in [0.2, 0.25) is 0 Å². The van der Waals surface area contributed by atoms with Gasteiger partial charge in [-0.2, -0.15) is 0 Å². The maximum Gasteiger partial charge on any atom is 0.272 e. The van der Waals surface area contributed by atoms with Gasteiger partial charge in [-0.05, 0) is 47.8 Å². The highest BCUT2D eigenvalue weighted by Crippen LogP contribution is 2.16. The van der Waals surface area contributed by atoms with E-state index in [1.807, 2.05) is 24.0 Å². The van der Waals surface area contributed by atoms with E-state index in [0.717, 1.165) is 19.4 Å². The molecule has 0 unspecified atom stereocenters. The predicted octanol–water partition coefficient (Wildman–Crippen LogP) is 2.50. The van der Waals surface area contributed by atoms with Crippen molar-refractivity contribution in [2.75, 3.05) is 32.9 Å². The Labute approximate surface area is 133 Å². The SMILES string of the molecule is CCOCCOC1CCN(C(=O)c2cccc(Br)n2)CC1. The van der Waals surface area contributed by atoms with Crippen molar-refractivity contribution in [1.82, 2.24) is 9.88 Å². The minimum absolute atomic E-state index is 0.0101. The first-order chi connectivity index (χ1) is 10.2. The first-order valence-corrected chi connectivity index (χ1v) is 8.11. The lowest BCUT2D eigenvalue weighted by Crippen LogP contribution is -2.41. The summed E-state index contributed by atoms with van der Waals surface area (Å²) in [5.41, 5.74) is 0.486. The molecule has 116 valence electrons. The van der Waals surface area contributed by atoms with Gasteiger partial charge in [-0.1, -0.05) is 6.07 Å². The van der Waals surface area contributed by atoms with Gasteiger partial charge in [0.2, 0.25) is 0 Å². The van der Waals surface area contributed by atoms with Crippen LogP contribution in [0.5, 0.6) is 0 Å². The van der Waals surface area contributed by atoms with Crippen LogP contribution < -0.4 is 0 Å². The smallest absolute Gasteiger partial charge is 0.272 e. The fourth-order valence-corrected chi connectivity index (χ4v) is 2.68. The molecule has 0 atom stereocenters. The predicted molar refractivity (Wildman–Crippen MR) is 83.3 cm³/mol. The normalized spacial score (nSPS) is 16.2. The number of piperidine rings is 1. The maximum absolute atomic E-state index is 12.3. The molecular formula is C15H21BrN2O3. The minimum atomic E-state index is -0.0101. The summed E-state index contributed by atoms with van der Waals surface area (Å²) >= 11 is 3.29. The van der Waals surface area contributed by atoms with Gasteiger partial charge in [0.1, 0.15) is 10.3 Å². The quantitative estimate of drug-likeness (QED) is 0.580. The van der Waals surface area contributed by atoms with Crippen LogP contribution in [0, 0.1) is 0 Å². The van der Waals surface area contributed by atoms with Gasteiger partial charge >= 0.3 is 0 Å². The van der Waals surface area contributed by atoms with Crippen molar-refractivity contribution in [3.8, 4) is 0 Å². The monoisotopic (exact) mass is 356 g/mol. The molecule has 1 amide bonds. The van der Waals surface area contributed by atoms with E-state index in [1.54, 1.807) is 6.07 Å². The number of ether oxygens (including phenoxy) is 2. The van der Waals surface area contributed by atoms with Crippen molar-refractivity contribution in [1.29, 1.82) is 0 Å². The fraction of sp³-hybridized carbons (Fsp3) is 0.600. The molecule has 0 spiro atoms. The molecule has 2 heterocycles. The molecule has 0 saturated carbocycles. The van der Waals surface area contributed by atoms with Crippen LogP contribution in [0.15, 0.2) is 22.8 Å². The molecule has 0 radical (unpaired) electrons. The van der Waals surface area contributed by atoms with Crippen molar-refractivity contribution >= 4 is 21.8 Å². The highest BCUT2D eigenvalue weighted by molar-refractivity contribution is 9.10. The molecule has 6 heteroatoms. The maximum atomic E-state index is 12.3. The summed E-state index contributed by atoms with van der Waals surface area (Å²) in [5, 5.41) is 0. The third-order valence-electron chi connectivity index (χ3n) is 3.45. The average molecular weight is 357 g/mol. The Hall–Kier alpha value is -0.980. The highest BCUT2D eigenvalue weighted by Gasteiger charge is 2.24. The molecule has 2 rings (SSSR count). The lowest BCUT2D eigenvalue weighted by molar-refractivity contribution is -0.0183. The third-order valence-corrected chi connectivity index (χ3v) is 3.89. The second-order valence-electron chi connectivity index (χ2n) is 4.90. The van der Waals surface area contributed by atoms with Crippen molar-refractivity contribution in [2.24, 2.45) is 0 Å². The first kappa shape index (κ1) is 16.4. The number of hydrogen-bond acceptors (Lipinski definition) is 4. The molecule has 1 saturated heterocycles. The number of pyridine rings is 1. The number of halogens is 1. The second kappa shape index (κ2) is 8.46. The largest absolute Gasteiger partial charge is 0.379 e. The van der Waals surface area contributed by atoms with E-state index in [0.29, 0.717) is 36.6 Å². The molecule has 1 aromatic heterocycles. The lowest BCUT2D eigenvalue weighted by atomic mass is 10.1. The van der Waals surface area contributed by atoms with Crippen molar-refractivity contribution in [3.05, 3.63) is 28.5 Å². The van der Waals surface area contributed by atoms with Crippen molar-refractivity contribution in [3.63, 3.8) is 0 Å². The number of carbonyl (C=O) groups is 1. The lowest BCUT2D eigenvalue weighted by Gasteiger charge is -2.31. The number of carbonyl (C=O) groups excluding carboxylic acids is 1. The van der Waals surface area contributed by atoms with Crippen LogP contribution in [-0.2, 0) is 9.47 Å².